The van der Waals surface area contributed by atoms with E-state index in [1.807, 2.05) is 0 Å². The van der Waals surface area contributed by atoms with E-state index in [2.05, 4.69) is 4.72 Å². The molecule has 0 heterocycles. The van der Waals surface area contributed by atoms with Crippen LogP contribution in [0.3, 0.4) is 0 Å². The number of para-hydroxylation sites is 1. The average molecular weight is 313 g/mol. The quantitative estimate of drug-likeness (QED) is 0.939. The zero-order valence-electron chi connectivity index (χ0n) is 10.6. The van der Waals surface area contributed by atoms with Gasteiger partial charge in [0.1, 0.15) is 17.5 Å². The van der Waals surface area contributed by atoms with Gasteiger partial charge in [-0.15, -0.1) is 0 Å². The van der Waals surface area contributed by atoms with Gasteiger partial charge in [0, 0.05) is 23.4 Å². The highest BCUT2D eigenvalue weighted by atomic mass is 32.2. The van der Waals surface area contributed by atoms with E-state index < -0.39 is 33.0 Å². The second kappa shape index (κ2) is 6.01. The van der Waals surface area contributed by atoms with Crippen LogP contribution in [0.2, 0.25) is 0 Å². The summed E-state index contributed by atoms with van der Waals surface area (Å²) >= 11 is 0. The second-order valence-electron chi connectivity index (χ2n) is 4.10. The molecule has 0 aliphatic carbocycles. The fourth-order valence-corrected chi connectivity index (χ4v) is 2.42. The van der Waals surface area contributed by atoms with E-state index in [9.17, 15) is 21.6 Å². The molecule has 0 aromatic heterocycles. The van der Waals surface area contributed by atoms with Crippen molar-refractivity contribution in [2.24, 2.45) is 0 Å². The molecule has 1 N–H and O–H groups in total. The Kier molecular flexibility index (Phi) is 4.32. The summed E-state index contributed by atoms with van der Waals surface area (Å²) in [6, 6.07) is 8.94. The lowest BCUT2D eigenvalue weighted by Crippen LogP contribution is -2.08. The summed E-state index contributed by atoms with van der Waals surface area (Å²) in [4.78, 5) is 0. The average Bonchev–Trinajstić information content (AvgIpc) is 2.37. The normalized spacial score (nSPS) is 11.8. The minimum atomic E-state index is -3.93. The Morgan fingerprint density at radius 1 is 0.952 bits per heavy atom. The van der Waals surface area contributed by atoms with E-state index in [-0.39, 0.29) is 0 Å². The highest BCUT2D eigenvalue weighted by Gasteiger charge is 2.11. The maximum Gasteiger partial charge on any atom is 0.255 e. The van der Waals surface area contributed by atoms with Crippen LogP contribution in [0.1, 0.15) is 5.56 Å². The molecule has 0 aliphatic heterocycles. The van der Waals surface area contributed by atoms with E-state index >= 15 is 0 Å². The number of anilines is 1. The fraction of sp³-hybridized carbons (Fsp3) is 0. The summed E-state index contributed by atoms with van der Waals surface area (Å²) in [5.74, 6) is -3.44. The fourth-order valence-electron chi connectivity index (χ4n) is 1.57. The Bertz CT molecular complexity index is 751. The predicted molar refractivity (Wildman–Crippen MR) is 74.3 cm³/mol. The summed E-state index contributed by atoms with van der Waals surface area (Å²) in [5.41, 5.74) is -0.322. The topological polar surface area (TPSA) is 46.2 Å². The van der Waals surface area contributed by atoms with Crippen molar-refractivity contribution in [1.29, 1.82) is 0 Å². The van der Waals surface area contributed by atoms with Crippen molar-refractivity contribution in [3.63, 3.8) is 0 Å². The maximum atomic E-state index is 13.4. The number of halogens is 3. The molecule has 7 heteroatoms. The molecule has 3 nitrogen and oxygen atoms in total. The van der Waals surface area contributed by atoms with Gasteiger partial charge < -0.3 is 0 Å². The molecule has 2 aromatic rings. The lowest BCUT2D eigenvalue weighted by Gasteiger charge is -2.04. The second-order valence-corrected chi connectivity index (χ2v) is 5.67. The smallest absolute Gasteiger partial charge is 0.255 e. The van der Waals surface area contributed by atoms with E-state index in [1.165, 1.54) is 12.1 Å². The van der Waals surface area contributed by atoms with Crippen LogP contribution >= 0.6 is 0 Å². The van der Waals surface area contributed by atoms with Crippen molar-refractivity contribution in [2.75, 3.05) is 4.72 Å². The van der Waals surface area contributed by atoms with Gasteiger partial charge in [-0.1, -0.05) is 18.2 Å². The molecule has 0 amide bonds. The number of rotatable bonds is 4. The van der Waals surface area contributed by atoms with Crippen LogP contribution < -0.4 is 4.72 Å². The Hall–Kier alpha value is -2.28. The number of sulfonamides is 1. The van der Waals surface area contributed by atoms with Crippen molar-refractivity contribution in [1.82, 2.24) is 0 Å². The Balaban J connectivity index is 2.25. The first kappa shape index (κ1) is 15.1. The molecule has 21 heavy (non-hydrogen) atoms. The number of hydrogen-bond acceptors (Lipinski definition) is 2. The van der Waals surface area contributed by atoms with Crippen molar-refractivity contribution in [3.8, 4) is 0 Å². The number of hydrogen-bond donors (Lipinski definition) is 1. The summed E-state index contributed by atoms with van der Waals surface area (Å²) in [6.07, 6.45) is 0.732. The van der Waals surface area contributed by atoms with Crippen LogP contribution in [0.25, 0.3) is 6.08 Å². The van der Waals surface area contributed by atoms with Gasteiger partial charge >= 0.3 is 0 Å². The molecular weight excluding hydrogens is 303 g/mol. The molecule has 110 valence electrons. The molecular formula is C14H10F3NO2S. The third-order valence-electron chi connectivity index (χ3n) is 2.49. The number of nitrogens with one attached hydrogen (secondary N) is 1. The van der Waals surface area contributed by atoms with E-state index in [0.29, 0.717) is 23.2 Å². The van der Waals surface area contributed by atoms with Crippen LogP contribution in [0, 0.1) is 17.5 Å². The first-order valence-electron chi connectivity index (χ1n) is 5.78. The highest BCUT2D eigenvalue weighted by molar-refractivity contribution is 7.95. The van der Waals surface area contributed by atoms with Crippen LogP contribution in [0.4, 0.5) is 18.9 Å². The Morgan fingerprint density at radius 3 is 2.10 bits per heavy atom. The molecule has 2 rings (SSSR count). The molecule has 0 spiro atoms. The highest BCUT2D eigenvalue weighted by Crippen LogP contribution is 2.17. The zero-order chi connectivity index (χ0) is 15.5. The molecule has 0 fully saturated rings. The molecule has 0 unspecified atom stereocenters. The summed E-state index contributed by atoms with van der Waals surface area (Å²) in [7, 11) is -3.93. The summed E-state index contributed by atoms with van der Waals surface area (Å²) in [6.45, 7) is 0. The summed E-state index contributed by atoms with van der Waals surface area (Å²) in [5, 5.41) is 0.611. The minimum Gasteiger partial charge on any atom is -0.280 e. The van der Waals surface area contributed by atoms with Crippen molar-refractivity contribution in [2.45, 2.75) is 0 Å². The predicted octanol–water partition coefficient (Wildman–Crippen LogP) is 3.52. The van der Waals surface area contributed by atoms with Gasteiger partial charge in [0.05, 0.1) is 5.41 Å². The lowest BCUT2D eigenvalue weighted by atomic mass is 10.2. The Morgan fingerprint density at radius 2 is 1.52 bits per heavy atom. The lowest BCUT2D eigenvalue weighted by molar-refractivity contribution is 0.540. The van der Waals surface area contributed by atoms with E-state index in [1.54, 1.807) is 18.2 Å². The maximum absolute atomic E-state index is 13.4. The van der Waals surface area contributed by atoms with Crippen molar-refractivity contribution < 1.29 is 21.6 Å². The van der Waals surface area contributed by atoms with Crippen LogP contribution in [0.15, 0.2) is 47.9 Å². The largest absolute Gasteiger partial charge is 0.280 e. The van der Waals surface area contributed by atoms with Gasteiger partial charge in [-0.3, -0.25) is 4.72 Å². The minimum absolute atomic E-state index is 0.308. The van der Waals surface area contributed by atoms with E-state index in [0.717, 1.165) is 6.08 Å². The van der Waals surface area contributed by atoms with Gasteiger partial charge in [0.25, 0.3) is 10.0 Å². The molecule has 0 radical (unpaired) electrons. The first-order chi connectivity index (χ1) is 9.87. The third-order valence-corrected chi connectivity index (χ3v) is 3.51. The molecule has 0 bridgehead atoms. The Labute approximate surface area is 119 Å². The van der Waals surface area contributed by atoms with Gasteiger partial charge in [0.2, 0.25) is 0 Å². The van der Waals surface area contributed by atoms with Crippen molar-refractivity contribution in [3.05, 3.63) is 70.9 Å². The molecule has 0 aliphatic rings. The zero-order valence-corrected chi connectivity index (χ0v) is 11.4. The van der Waals surface area contributed by atoms with Crippen LogP contribution in [0.5, 0.6) is 0 Å². The SMILES string of the molecule is O=S(=O)(/C=C/c1c(F)cc(F)cc1F)Nc1ccccc1. The van der Waals surface area contributed by atoms with Crippen molar-refractivity contribution >= 4 is 21.8 Å². The monoisotopic (exact) mass is 313 g/mol. The molecule has 0 saturated heterocycles. The van der Waals surface area contributed by atoms with E-state index in [4.69, 9.17) is 0 Å². The molecule has 2 aromatic carbocycles. The van der Waals surface area contributed by atoms with Gasteiger partial charge in [-0.25, -0.2) is 21.6 Å². The standard InChI is InChI=1S/C14H10F3NO2S/c15-10-8-13(16)12(14(17)9-10)6-7-21(19,20)18-11-4-2-1-3-5-11/h1-9,18H/b7-6+. The van der Waals surface area contributed by atoms with Crippen LogP contribution in [-0.2, 0) is 10.0 Å². The number of benzene rings is 2. The van der Waals surface area contributed by atoms with Gasteiger partial charge in [0.15, 0.2) is 0 Å². The first-order valence-corrected chi connectivity index (χ1v) is 7.32. The van der Waals surface area contributed by atoms with Gasteiger partial charge in [-0.2, -0.15) is 0 Å². The van der Waals surface area contributed by atoms with Gasteiger partial charge in [-0.05, 0) is 18.2 Å². The molecule has 0 atom stereocenters. The van der Waals surface area contributed by atoms with Crippen LogP contribution in [-0.4, -0.2) is 8.42 Å². The summed E-state index contributed by atoms with van der Waals surface area (Å²) < 4.78 is 65.2. The third kappa shape index (κ3) is 4.09. The molecule has 0 saturated carbocycles.